The van der Waals surface area contributed by atoms with E-state index in [0.29, 0.717) is 6.42 Å². The van der Waals surface area contributed by atoms with E-state index in [1.807, 2.05) is 51.9 Å². The highest BCUT2D eigenvalue weighted by atomic mass is 79.9. The van der Waals surface area contributed by atoms with Gasteiger partial charge in [0.2, 0.25) is 5.91 Å². The lowest BCUT2D eigenvalue weighted by molar-refractivity contribution is -0.133. The molecule has 0 atom stereocenters. The average Bonchev–Trinajstić information content (AvgIpc) is 3.14. The Bertz CT molecular complexity index is 978. The smallest absolute Gasteiger partial charge is 0.222 e. The monoisotopic (exact) mass is 456 g/mol. The lowest BCUT2D eigenvalue weighted by atomic mass is 10.1. The standard InChI is InChI=1S/C22H25BrN4O2/c1-29-20-6-2-17(3-7-20)4-9-22(28)26-12-10-25(11-13-26)15-19-16-27-14-18(23)5-8-21(27)24-19/h2-3,5-8,14,16H,4,9-13,15H2,1H3. The summed E-state index contributed by atoms with van der Waals surface area (Å²) in [6.45, 7) is 4.13. The lowest BCUT2D eigenvalue weighted by Crippen LogP contribution is -2.48. The Hall–Kier alpha value is -2.38. The molecule has 1 aliphatic rings. The minimum absolute atomic E-state index is 0.234. The highest BCUT2D eigenvalue weighted by molar-refractivity contribution is 9.10. The number of rotatable bonds is 6. The van der Waals surface area contributed by atoms with Crippen LogP contribution < -0.4 is 4.74 Å². The maximum absolute atomic E-state index is 12.6. The van der Waals surface area contributed by atoms with Crippen LogP contribution >= 0.6 is 15.9 Å². The number of aryl methyl sites for hydroxylation is 1. The van der Waals surface area contributed by atoms with Crippen molar-refractivity contribution in [3.8, 4) is 5.75 Å². The molecule has 7 heteroatoms. The van der Waals surface area contributed by atoms with Gasteiger partial charge < -0.3 is 14.0 Å². The largest absolute Gasteiger partial charge is 0.497 e. The molecule has 2 aromatic heterocycles. The van der Waals surface area contributed by atoms with Crippen molar-refractivity contribution in [2.45, 2.75) is 19.4 Å². The van der Waals surface area contributed by atoms with Crippen molar-refractivity contribution in [2.24, 2.45) is 0 Å². The second kappa shape index (κ2) is 8.97. The fourth-order valence-electron chi connectivity index (χ4n) is 3.68. The van der Waals surface area contributed by atoms with Crippen molar-refractivity contribution in [1.29, 1.82) is 0 Å². The number of fused-ring (bicyclic) bond motifs is 1. The van der Waals surface area contributed by atoms with Gasteiger partial charge in [-0.25, -0.2) is 4.98 Å². The summed E-state index contributed by atoms with van der Waals surface area (Å²) in [6, 6.07) is 11.9. The van der Waals surface area contributed by atoms with Gasteiger partial charge in [0.1, 0.15) is 11.4 Å². The quantitative estimate of drug-likeness (QED) is 0.570. The predicted octanol–water partition coefficient (Wildman–Crippen LogP) is 3.38. The number of pyridine rings is 1. The van der Waals surface area contributed by atoms with Crippen molar-refractivity contribution in [3.05, 3.63) is 64.5 Å². The SMILES string of the molecule is COc1ccc(CCC(=O)N2CCN(Cc3cn4cc(Br)ccc4n3)CC2)cc1. The summed E-state index contributed by atoms with van der Waals surface area (Å²) < 4.78 is 8.25. The van der Waals surface area contributed by atoms with Crippen LogP contribution in [0.1, 0.15) is 17.7 Å². The van der Waals surface area contributed by atoms with Gasteiger partial charge in [-0.1, -0.05) is 12.1 Å². The first-order chi connectivity index (χ1) is 14.1. The number of aromatic nitrogens is 2. The number of carbonyl (C=O) groups excluding carboxylic acids is 1. The first-order valence-electron chi connectivity index (χ1n) is 9.87. The molecule has 3 heterocycles. The fourth-order valence-corrected chi connectivity index (χ4v) is 4.03. The Labute approximate surface area is 179 Å². The number of ether oxygens (including phenoxy) is 1. The summed E-state index contributed by atoms with van der Waals surface area (Å²) in [5.41, 5.74) is 3.18. The summed E-state index contributed by atoms with van der Waals surface area (Å²) in [5, 5.41) is 0. The van der Waals surface area contributed by atoms with E-state index in [0.717, 1.165) is 66.3 Å². The Balaban J connectivity index is 1.25. The van der Waals surface area contributed by atoms with E-state index < -0.39 is 0 Å². The molecule has 1 fully saturated rings. The molecule has 6 nitrogen and oxygen atoms in total. The highest BCUT2D eigenvalue weighted by Crippen LogP contribution is 2.16. The zero-order valence-corrected chi connectivity index (χ0v) is 18.1. The summed E-state index contributed by atoms with van der Waals surface area (Å²) in [6.07, 6.45) is 5.41. The van der Waals surface area contributed by atoms with Crippen molar-refractivity contribution < 1.29 is 9.53 Å². The Morgan fingerprint density at radius 1 is 1.07 bits per heavy atom. The van der Waals surface area contributed by atoms with Gasteiger partial charge in [-0.15, -0.1) is 0 Å². The first kappa shape index (κ1) is 19.9. The molecule has 0 saturated carbocycles. The van der Waals surface area contributed by atoms with Crippen LogP contribution in [0, 0.1) is 0 Å². The third kappa shape index (κ3) is 4.97. The molecule has 29 heavy (non-hydrogen) atoms. The van der Waals surface area contributed by atoms with Crippen LogP contribution in [-0.4, -0.2) is 58.4 Å². The van der Waals surface area contributed by atoms with Crippen LogP contribution in [-0.2, 0) is 17.8 Å². The number of hydrogen-bond acceptors (Lipinski definition) is 4. The number of benzene rings is 1. The molecule has 0 aliphatic carbocycles. The number of imidazole rings is 1. The molecule has 3 aromatic rings. The lowest BCUT2D eigenvalue weighted by Gasteiger charge is -2.34. The second-order valence-electron chi connectivity index (χ2n) is 7.35. The Morgan fingerprint density at radius 3 is 2.55 bits per heavy atom. The average molecular weight is 457 g/mol. The van der Waals surface area contributed by atoms with Gasteiger partial charge in [-0.05, 0) is 52.2 Å². The molecular weight excluding hydrogens is 432 g/mol. The van der Waals surface area contributed by atoms with Crippen molar-refractivity contribution in [3.63, 3.8) is 0 Å². The highest BCUT2D eigenvalue weighted by Gasteiger charge is 2.21. The maximum atomic E-state index is 12.6. The molecule has 1 aromatic carbocycles. The van der Waals surface area contributed by atoms with Crippen LogP contribution in [0.15, 0.2) is 53.3 Å². The minimum atomic E-state index is 0.234. The van der Waals surface area contributed by atoms with Gasteiger partial charge in [-0.2, -0.15) is 0 Å². The summed E-state index contributed by atoms with van der Waals surface area (Å²) in [7, 11) is 1.66. The van der Waals surface area contributed by atoms with Gasteiger partial charge >= 0.3 is 0 Å². The van der Waals surface area contributed by atoms with E-state index in [9.17, 15) is 4.79 Å². The van der Waals surface area contributed by atoms with E-state index in [1.165, 1.54) is 0 Å². The molecule has 152 valence electrons. The van der Waals surface area contributed by atoms with E-state index in [-0.39, 0.29) is 5.91 Å². The summed E-state index contributed by atoms with van der Waals surface area (Å²) in [4.78, 5) is 21.6. The van der Waals surface area contributed by atoms with Crippen LogP contribution in [0.5, 0.6) is 5.75 Å². The molecular formula is C22H25BrN4O2. The van der Waals surface area contributed by atoms with Crippen molar-refractivity contribution in [1.82, 2.24) is 19.2 Å². The number of amides is 1. The molecule has 1 aliphatic heterocycles. The van der Waals surface area contributed by atoms with Crippen LogP contribution in [0.25, 0.3) is 5.65 Å². The topological polar surface area (TPSA) is 50.1 Å². The van der Waals surface area contributed by atoms with Crippen LogP contribution in [0.2, 0.25) is 0 Å². The Kier molecular flexibility index (Phi) is 6.16. The van der Waals surface area contributed by atoms with E-state index in [1.54, 1.807) is 7.11 Å². The molecule has 0 radical (unpaired) electrons. The van der Waals surface area contributed by atoms with Gasteiger partial charge in [0.25, 0.3) is 0 Å². The van der Waals surface area contributed by atoms with Crippen molar-refractivity contribution >= 4 is 27.5 Å². The summed E-state index contributed by atoms with van der Waals surface area (Å²) in [5.74, 6) is 1.08. The van der Waals surface area contributed by atoms with E-state index in [2.05, 4.69) is 32.0 Å². The minimum Gasteiger partial charge on any atom is -0.497 e. The molecule has 0 spiro atoms. The number of nitrogens with zero attached hydrogens (tertiary/aromatic N) is 4. The second-order valence-corrected chi connectivity index (χ2v) is 8.27. The van der Waals surface area contributed by atoms with Crippen LogP contribution in [0.3, 0.4) is 0 Å². The van der Waals surface area contributed by atoms with Gasteiger partial charge in [-0.3, -0.25) is 9.69 Å². The number of hydrogen-bond donors (Lipinski definition) is 0. The van der Waals surface area contributed by atoms with Gasteiger partial charge in [0.15, 0.2) is 0 Å². The molecule has 1 saturated heterocycles. The molecule has 0 unspecified atom stereocenters. The number of halogens is 1. The van der Waals surface area contributed by atoms with Crippen molar-refractivity contribution in [2.75, 3.05) is 33.3 Å². The number of methoxy groups -OCH3 is 1. The fraction of sp³-hybridized carbons (Fsp3) is 0.364. The number of carbonyl (C=O) groups is 1. The zero-order valence-electron chi connectivity index (χ0n) is 16.6. The zero-order chi connectivity index (χ0) is 20.2. The predicted molar refractivity (Wildman–Crippen MR) is 116 cm³/mol. The summed E-state index contributed by atoms with van der Waals surface area (Å²) >= 11 is 3.49. The molecule has 0 bridgehead atoms. The van der Waals surface area contributed by atoms with Crippen LogP contribution in [0.4, 0.5) is 0 Å². The molecule has 0 N–H and O–H groups in total. The van der Waals surface area contributed by atoms with E-state index >= 15 is 0 Å². The van der Waals surface area contributed by atoms with E-state index in [4.69, 9.17) is 4.74 Å². The Morgan fingerprint density at radius 2 is 1.83 bits per heavy atom. The third-order valence-electron chi connectivity index (χ3n) is 5.36. The first-order valence-corrected chi connectivity index (χ1v) is 10.7. The van der Waals surface area contributed by atoms with Gasteiger partial charge in [0, 0.05) is 56.0 Å². The van der Waals surface area contributed by atoms with Gasteiger partial charge in [0.05, 0.1) is 12.8 Å². The molecule has 4 rings (SSSR count). The molecule has 1 amide bonds. The third-order valence-corrected chi connectivity index (χ3v) is 5.83. The normalized spacial score (nSPS) is 15.0. The maximum Gasteiger partial charge on any atom is 0.222 e. The number of piperazine rings is 1.